The molecule has 2 aromatic carbocycles. The van der Waals surface area contributed by atoms with E-state index in [1.54, 1.807) is 48.9 Å². The van der Waals surface area contributed by atoms with Gasteiger partial charge in [0.2, 0.25) is 6.04 Å². The summed E-state index contributed by atoms with van der Waals surface area (Å²) in [5, 5.41) is 13.8. The molecule has 0 radical (unpaired) electrons. The minimum Gasteiger partial charge on any atom is -0.487 e. The van der Waals surface area contributed by atoms with Crippen LogP contribution in [0.4, 0.5) is 17.2 Å². The molecular weight excluding hydrogens is 474 g/mol. The number of nitrogens with two attached hydrogens (primary N) is 1. The second-order valence-corrected chi connectivity index (χ2v) is 10.1. The van der Waals surface area contributed by atoms with Crippen LogP contribution in [0.15, 0.2) is 48.8 Å². The fourth-order valence-electron chi connectivity index (χ4n) is 4.52. The molecule has 2 aromatic heterocycles. The van der Waals surface area contributed by atoms with E-state index in [0.29, 0.717) is 41.5 Å². The maximum atomic E-state index is 12.5. The molecule has 0 fully saturated rings. The van der Waals surface area contributed by atoms with Crippen LogP contribution in [0.5, 0.6) is 5.75 Å². The van der Waals surface area contributed by atoms with E-state index < -0.39 is 0 Å². The highest BCUT2D eigenvalue weighted by atomic mass is 32.1. The number of nitrogen functional groups attached to an aromatic ring is 1. The maximum Gasteiger partial charge on any atom is 0.239 e. The van der Waals surface area contributed by atoms with Crippen LogP contribution >= 0.6 is 11.3 Å². The number of thiophene rings is 1. The van der Waals surface area contributed by atoms with Crippen molar-refractivity contribution in [3.05, 3.63) is 75.3 Å². The van der Waals surface area contributed by atoms with E-state index in [1.807, 2.05) is 30.3 Å². The van der Waals surface area contributed by atoms with Crippen molar-refractivity contribution < 1.29 is 9.61 Å². The number of rotatable bonds is 8. The lowest BCUT2D eigenvalue weighted by atomic mass is 9.93. The molecule has 0 saturated carbocycles. The largest absolute Gasteiger partial charge is 0.487 e. The number of aryl methyl sites for hydroxylation is 1. The number of nitrogens with one attached hydrogen (secondary N) is 2. The third-order valence-corrected chi connectivity index (χ3v) is 7.52. The monoisotopic (exact) mass is 502 g/mol. The Bertz CT molecular complexity index is 1440. The Balaban J connectivity index is 1.49. The predicted molar refractivity (Wildman–Crippen MR) is 143 cm³/mol. The Labute approximate surface area is 213 Å². The summed E-state index contributed by atoms with van der Waals surface area (Å²) in [6, 6.07) is 13.4. The molecule has 4 aromatic rings. The summed E-state index contributed by atoms with van der Waals surface area (Å²) in [4.78, 5) is 24.7. The van der Waals surface area contributed by atoms with E-state index in [1.165, 1.54) is 16.7 Å². The Morgan fingerprint density at radius 2 is 2.08 bits per heavy atom. The first-order valence-electron chi connectivity index (χ1n) is 11.7. The highest BCUT2D eigenvalue weighted by Gasteiger charge is 2.35. The SMILES string of the molecule is CN(C)[N+](=O)C1CCc2c(sc3ncnc(Nc4cc(C=N)c(N)cc4OCc4ccccc4)c23)C1. The normalized spacial score (nSPS) is 14.8. The number of anilines is 3. The van der Waals surface area contributed by atoms with Gasteiger partial charge >= 0.3 is 0 Å². The van der Waals surface area contributed by atoms with Crippen molar-refractivity contribution in [1.82, 2.24) is 15.0 Å². The van der Waals surface area contributed by atoms with Gasteiger partial charge in [-0.2, -0.15) is 0 Å². The number of aromatic nitrogens is 2. The van der Waals surface area contributed by atoms with Crippen molar-refractivity contribution in [2.75, 3.05) is 25.1 Å². The summed E-state index contributed by atoms with van der Waals surface area (Å²) in [6.07, 6.45) is 4.99. The summed E-state index contributed by atoms with van der Waals surface area (Å²) >= 11 is 1.62. The minimum absolute atomic E-state index is 0.0878. The van der Waals surface area contributed by atoms with E-state index in [-0.39, 0.29) is 6.04 Å². The molecule has 1 aliphatic carbocycles. The summed E-state index contributed by atoms with van der Waals surface area (Å²) in [6.45, 7) is 0.380. The van der Waals surface area contributed by atoms with Crippen molar-refractivity contribution >= 4 is 45.0 Å². The molecule has 0 bridgehead atoms. The molecule has 2 heterocycles. The zero-order valence-corrected chi connectivity index (χ0v) is 21.0. The first kappa shape index (κ1) is 23.7. The molecular formula is C26H28N7O2S+. The first-order chi connectivity index (χ1) is 17.4. The zero-order valence-electron chi connectivity index (χ0n) is 20.2. The molecule has 9 nitrogen and oxygen atoms in total. The average molecular weight is 503 g/mol. The fourth-order valence-corrected chi connectivity index (χ4v) is 5.78. The van der Waals surface area contributed by atoms with Gasteiger partial charge < -0.3 is 21.2 Å². The lowest BCUT2D eigenvalue weighted by Gasteiger charge is -2.18. The molecule has 0 spiro atoms. The zero-order chi connectivity index (χ0) is 25.2. The van der Waals surface area contributed by atoms with E-state index in [4.69, 9.17) is 15.9 Å². The molecule has 1 atom stereocenters. The Kier molecular flexibility index (Phi) is 6.51. The molecule has 1 aliphatic rings. The van der Waals surface area contributed by atoms with Gasteiger partial charge in [0.25, 0.3) is 0 Å². The number of fused-ring (bicyclic) bond motifs is 3. The summed E-state index contributed by atoms with van der Waals surface area (Å²) in [5.74, 6) is 1.25. The number of hydrogen-bond acceptors (Lipinski definition) is 8. The van der Waals surface area contributed by atoms with Gasteiger partial charge in [-0.1, -0.05) is 30.3 Å². The van der Waals surface area contributed by atoms with Gasteiger partial charge in [-0.3, -0.25) is 0 Å². The Hall–Kier alpha value is -4.05. The van der Waals surface area contributed by atoms with Crippen LogP contribution in [0, 0.1) is 10.3 Å². The molecule has 36 heavy (non-hydrogen) atoms. The van der Waals surface area contributed by atoms with E-state index in [9.17, 15) is 4.91 Å². The van der Waals surface area contributed by atoms with Gasteiger partial charge in [-0.25, -0.2) is 9.97 Å². The number of nitroso groups, excluding NO2 is 1. The van der Waals surface area contributed by atoms with E-state index in [0.717, 1.165) is 33.5 Å². The van der Waals surface area contributed by atoms with Crippen molar-refractivity contribution in [3.8, 4) is 5.75 Å². The molecule has 184 valence electrons. The lowest BCUT2D eigenvalue weighted by Crippen LogP contribution is -2.38. The van der Waals surface area contributed by atoms with Crippen LogP contribution in [0.3, 0.4) is 0 Å². The van der Waals surface area contributed by atoms with Crippen molar-refractivity contribution in [3.63, 3.8) is 0 Å². The van der Waals surface area contributed by atoms with Gasteiger partial charge in [0.05, 0.1) is 36.5 Å². The second-order valence-electron chi connectivity index (χ2n) is 8.97. The van der Waals surface area contributed by atoms with Gasteiger partial charge in [0, 0.05) is 34.8 Å². The van der Waals surface area contributed by atoms with Crippen LogP contribution in [-0.2, 0) is 19.4 Å². The molecule has 0 amide bonds. The second kappa shape index (κ2) is 9.90. The van der Waals surface area contributed by atoms with Gasteiger partial charge in [-0.05, 0) is 23.6 Å². The molecule has 5 rings (SSSR count). The molecule has 1 unspecified atom stereocenters. The van der Waals surface area contributed by atoms with Gasteiger partial charge in [-0.15, -0.1) is 16.3 Å². The van der Waals surface area contributed by atoms with Crippen molar-refractivity contribution in [2.45, 2.75) is 31.9 Å². The van der Waals surface area contributed by atoms with Gasteiger partial charge in [0.1, 0.15) is 34.2 Å². The Morgan fingerprint density at radius 1 is 1.28 bits per heavy atom. The van der Waals surface area contributed by atoms with Crippen LogP contribution in [0.25, 0.3) is 10.2 Å². The maximum absolute atomic E-state index is 12.5. The molecule has 0 saturated heterocycles. The van der Waals surface area contributed by atoms with Gasteiger partial charge in [0.15, 0.2) is 0 Å². The standard InChI is InChI=1S/C26H28N7O2S/c1-32(2)33(34)18-8-9-19-23(11-18)36-26-24(19)25(29-15-30-26)31-21-10-17(13-27)20(28)12-22(21)35-14-16-6-4-3-5-7-16/h3-7,10,12-13,15,18,27H,8-9,11,14,28H2,1-2H3,(H,29,30,31)/q+1. The number of hydrazine groups is 1. The fraction of sp³-hybridized carbons (Fsp3) is 0.269. The smallest absolute Gasteiger partial charge is 0.239 e. The molecule has 0 aliphatic heterocycles. The van der Waals surface area contributed by atoms with Crippen LogP contribution in [-0.4, -0.2) is 46.2 Å². The number of ether oxygens (including phenoxy) is 1. The lowest BCUT2D eigenvalue weighted by molar-refractivity contribution is -0.725. The van der Waals surface area contributed by atoms with Crippen LogP contribution in [0.2, 0.25) is 0 Å². The highest BCUT2D eigenvalue weighted by Crippen LogP contribution is 2.41. The molecule has 10 heteroatoms. The third kappa shape index (κ3) is 4.59. The minimum atomic E-state index is -0.0878. The third-order valence-electron chi connectivity index (χ3n) is 6.36. The molecule has 4 N–H and O–H groups in total. The summed E-state index contributed by atoms with van der Waals surface area (Å²) in [5.41, 5.74) is 10.1. The highest BCUT2D eigenvalue weighted by molar-refractivity contribution is 7.19. The van der Waals surface area contributed by atoms with E-state index in [2.05, 4.69) is 15.3 Å². The van der Waals surface area contributed by atoms with E-state index >= 15 is 0 Å². The van der Waals surface area contributed by atoms with Crippen LogP contribution in [0.1, 0.15) is 28.0 Å². The number of benzene rings is 2. The topological polar surface area (TPSA) is 120 Å². The average Bonchev–Trinajstić information content (AvgIpc) is 3.27. The summed E-state index contributed by atoms with van der Waals surface area (Å²) in [7, 11) is 3.54. The van der Waals surface area contributed by atoms with Crippen LogP contribution < -0.4 is 15.8 Å². The van der Waals surface area contributed by atoms with Crippen molar-refractivity contribution in [1.29, 1.82) is 5.41 Å². The van der Waals surface area contributed by atoms with Crippen molar-refractivity contribution in [2.24, 2.45) is 0 Å². The number of nitrogens with zero attached hydrogens (tertiary/aromatic N) is 4. The summed E-state index contributed by atoms with van der Waals surface area (Å²) < 4.78 is 6.14. The quantitative estimate of drug-likeness (QED) is 0.138. The Morgan fingerprint density at radius 3 is 2.83 bits per heavy atom. The predicted octanol–water partition coefficient (Wildman–Crippen LogP) is 4.71. The number of hydrogen-bond donors (Lipinski definition) is 3. The first-order valence-corrected chi connectivity index (χ1v) is 12.5.